The van der Waals surface area contributed by atoms with Crippen molar-refractivity contribution in [2.24, 2.45) is 23.2 Å². The van der Waals surface area contributed by atoms with E-state index in [1.807, 2.05) is 48.5 Å². The SMILES string of the molecule is CC(NC(=O)c1cccc(-c2cc3ccccc3oc2=O)c1)C12CC3CC(CC(C3)C1)C2. The zero-order valence-corrected chi connectivity index (χ0v) is 18.5. The molecule has 4 fully saturated rings. The van der Waals surface area contributed by atoms with Crippen LogP contribution in [0.15, 0.2) is 63.8 Å². The van der Waals surface area contributed by atoms with Gasteiger partial charge in [0.05, 0.1) is 5.56 Å². The first-order chi connectivity index (χ1) is 15.5. The zero-order valence-electron chi connectivity index (χ0n) is 18.5. The van der Waals surface area contributed by atoms with Crippen LogP contribution in [0.5, 0.6) is 0 Å². The van der Waals surface area contributed by atoms with E-state index < -0.39 is 0 Å². The molecule has 4 heteroatoms. The Kier molecular flexibility index (Phi) is 4.53. The Hall–Kier alpha value is -2.88. The van der Waals surface area contributed by atoms with Gasteiger partial charge >= 0.3 is 5.63 Å². The summed E-state index contributed by atoms with van der Waals surface area (Å²) in [5.41, 5.74) is 2.23. The van der Waals surface area contributed by atoms with Crippen molar-refractivity contribution < 1.29 is 9.21 Å². The van der Waals surface area contributed by atoms with E-state index in [0.29, 0.717) is 22.3 Å². The van der Waals surface area contributed by atoms with E-state index in [1.54, 1.807) is 6.07 Å². The Morgan fingerprint density at radius 3 is 2.38 bits per heavy atom. The molecule has 1 N–H and O–H groups in total. The second-order valence-corrected chi connectivity index (χ2v) is 10.5. The van der Waals surface area contributed by atoms with Crippen molar-refractivity contribution in [1.82, 2.24) is 5.32 Å². The molecule has 0 aliphatic heterocycles. The monoisotopic (exact) mass is 427 g/mol. The van der Waals surface area contributed by atoms with E-state index in [2.05, 4.69) is 12.2 Å². The third kappa shape index (κ3) is 3.28. The molecule has 1 aromatic heterocycles. The van der Waals surface area contributed by atoms with E-state index in [-0.39, 0.29) is 23.0 Å². The van der Waals surface area contributed by atoms with Crippen molar-refractivity contribution >= 4 is 16.9 Å². The van der Waals surface area contributed by atoms with Gasteiger partial charge in [-0.1, -0.05) is 30.3 Å². The molecule has 7 rings (SSSR count). The highest BCUT2D eigenvalue weighted by Gasteiger charge is 2.53. The summed E-state index contributed by atoms with van der Waals surface area (Å²) in [6, 6.07) is 16.8. The van der Waals surface area contributed by atoms with Gasteiger partial charge in [-0.15, -0.1) is 0 Å². The number of hydrogen-bond acceptors (Lipinski definition) is 3. The predicted octanol–water partition coefficient (Wildman–Crippen LogP) is 5.79. The average molecular weight is 428 g/mol. The van der Waals surface area contributed by atoms with E-state index in [9.17, 15) is 9.59 Å². The Balaban J connectivity index is 1.26. The molecule has 0 saturated heterocycles. The molecular formula is C28H29NO3. The molecule has 0 spiro atoms. The lowest BCUT2D eigenvalue weighted by atomic mass is 9.48. The van der Waals surface area contributed by atoms with Gasteiger partial charge in [0.25, 0.3) is 5.91 Å². The third-order valence-corrected chi connectivity index (χ3v) is 8.43. The van der Waals surface area contributed by atoms with Gasteiger partial charge in [-0.05, 0) is 98.4 Å². The van der Waals surface area contributed by atoms with Crippen LogP contribution in [0, 0.1) is 23.2 Å². The van der Waals surface area contributed by atoms with Crippen LogP contribution in [-0.2, 0) is 0 Å². The molecule has 1 amide bonds. The van der Waals surface area contributed by atoms with E-state index in [4.69, 9.17) is 4.42 Å². The summed E-state index contributed by atoms with van der Waals surface area (Å²) >= 11 is 0. The number of amides is 1. The Bertz CT molecular complexity index is 1220. The van der Waals surface area contributed by atoms with Gasteiger partial charge in [0.15, 0.2) is 0 Å². The number of para-hydroxylation sites is 1. The van der Waals surface area contributed by atoms with Crippen molar-refractivity contribution in [3.63, 3.8) is 0 Å². The average Bonchev–Trinajstić information content (AvgIpc) is 2.78. The summed E-state index contributed by atoms with van der Waals surface area (Å²) in [5, 5.41) is 4.20. The fourth-order valence-corrected chi connectivity index (χ4v) is 7.23. The van der Waals surface area contributed by atoms with Crippen LogP contribution in [-0.4, -0.2) is 11.9 Å². The molecule has 32 heavy (non-hydrogen) atoms. The highest BCUT2D eigenvalue weighted by molar-refractivity contribution is 5.96. The summed E-state index contributed by atoms with van der Waals surface area (Å²) in [5.74, 6) is 2.52. The molecule has 4 saturated carbocycles. The topological polar surface area (TPSA) is 59.3 Å². The van der Waals surface area contributed by atoms with Gasteiger partial charge in [0, 0.05) is 17.0 Å². The first kappa shape index (κ1) is 19.8. The fraction of sp³-hybridized carbons (Fsp3) is 0.429. The number of carbonyl (C=O) groups excluding carboxylic acids is 1. The molecule has 1 unspecified atom stereocenters. The molecule has 2 aromatic carbocycles. The molecule has 3 aromatic rings. The summed E-state index contributed by atoms with van der Waals surface area (Å²) in [4.78, 5) is 25.8. The van der Waals surface area contributed by atoms with Crippen molar-refractivity contribution in [2.45, 2.75) is 51.5 Å². The highest BCUT2D eigenvalue weighted by atomic mass is 16.4. The number of hydrogen-bond donors (Lipinski definition) is 1. The second kappa shape index (κ2) is 7.33. The van der Waals surface area contributed by atoms with Crippen LogP contribution in [0.4, 0.5) is 0 Å². The quantitative estimate of drug-likeness (QED) is 0.536. The molecule has 1 heterocycles. The van der Waals surface area contributed by atoms with Gasteiger partial charge < -0.3 is 9.73 Å². The van der Waals surface area contributed by atoms with Crippen LogP contribution >= 0.6 is 0 Å². The summed E-state index contributed by atoms with van der Waals surface area (Å²) in [7, 11) is 0. The van der Waals surface area contributed by atoms with Crippen LogP contribution in [0.1, 0.15) is 55.8 Å². The largest absolute Gasteiger partial charge is 0.422 e. The van der Waals surface area contributed by atoms with Gasteiger partial charge in [-0.3, -0.25) is 4.79 Å². The minimum absolute atomic E-state index is 0.0553. The molecular weight excluding hydrogens is 398 g/mol. The maximum Gasteiger partial charge on any atom is 0.344 e. The molecule has 4 aliphatic rings. The van der Waals surface area contributed by atoms with Crippen LogP contribution < -0.4 is 10.9 Å². The predicted molar refractivity (Wildman–Crippen MR) is 125 cm³/mol. The lowest BCUT2D eigenvalue weighted by molar-refractivity contribution is -0.0688. The molecule has 0 radical (unpaired) electrons. The maximum atomic E-state index is 13.2. The number of nitrogens with one attached hydrogen (secondary N) is 1. The summed E-state index contributed by atoms with van der Waals surface area (Å²) in [6.45, 7) is 2.20. The van der Waals surface area contributed by atoms with E-state index in [1.165, 1.54) is 38.5 Å². The molecule has 4 aliphatic carbocycles. The second-order valence-electron chi connectivity index (χ2n) is 10.5. The normalized spacial score (nSPS) is 29.2. The Labute approximate surface area is 188 Å². The van der Waals surface area contributed by atoms with E-state index >= 15 is 0 Å². The highest BCUT2D eigenvalue weighted by Crippen LogP contribution is 2.61. The Morgan fingerprint density at radius 2 is 1.66 bits per heavy atom. The maximum absolute atomic E-state index is 13.2. The van der Waals surface area contributed by atoms with Crippen LogP contribution in [0.25, 0.3) is 22.1 Å². The van der Waals surface area contributed by atoms with Crippen molar-refractivity contribution in [2.75, 3.05) is 0 Å². The van der Waals surface area contributed by atoms with Gasteiger partial charge in [0.2, 0.25) is 0 Å². The van der Waals surface area contributed by atoms with Gasteiger partial charge in [0.1, 0.15) is 5.58 Å². The molecule has 4 nitrogen and oxygen atoms in total. The first-order valence-corrected chi connectivity index (χ1v) is 11.9. The minimum Gasteiger partial charge on any atom is -0.422 e. The fourth-order valence-electron chi connectivity index (χ4n) is 7.23. The standard InChI is InChI=1S/C28H29NO3/c1-17(28-14-18-9-19(15-28)11-20(10-18)16-28)29-26(30)23-7-4-6-21(12-23)24-13-22-5-2-3-8-25(22)32-27(24)31/h2-8,12-13,17-20H,9-11,14-16H2,1H3,(H,29,30). The molecule has 164 valence electrons. The summed E-state index contributed by atoms with van der Waals surface area (Å²) in [6.07, 6.45) is 7.98. The third-order valence-electron chi connectivity index (χ3n) is 8.43. The molecule has 4 bridgehead atoms. The first-order valence-electron chi connectivity index (χ1n) is 11.9. The van der Waals surface area contributed by atoms with Crippen molar-refractivity contribution in [3.05, 3.63) is 70.6 Å². The lowest BCUT2D eigenvalue weighted by Crippen LogP contribution is -2.55. The number of benzene rings is 2. The number of rotatable bonds is 4. The minimum atomic E-state index is -0.386. The Morgan fingerprint density at radius 1 is 0.969 bits per heavy atom. The lowest BCUT2D eigenvalue weighted by Gasteiger charge is -2.59. The van der Waals surface area contributed by atoms with E-state index in [0.717, 1.165) is 23.1 Å². The van der Waals surface area contributed by atoms with Crippen LogP contribution in [0.2, 0.25) is 0 Å². The smallest absolute Gasteiger partial charge is 0.344 e. The molecule has 1 atom stereocenters. The number of carbonyl (C=O) groups is 1. The number of fused-ring (bicyclic) bond motifs is 1. The summed E-state index contributed by atoms with van der Waals surface area (Å²) < 4.78 is 5.49. The van der Waals surface area contributed by atoms with Gasteiger partial charge in [-0.25, -0.2) is 4.79 Å². The van der Waals surface area contributed by atoms with Crippen molar-refractivity contribution in [3.8, 4) is 11.1 Å². The van der Waals surface area contributed by atoms with Crippen molar-refractivity contribution in [1.29, 1.82) is 0 Å². The van der Waals surface area contributed by atoms with Gasteiger partial charge in [-0.2, -0.15) is 0 Å². The van der Waals surface area contributed by atoms with Crippen LogP contribution in [0.3, 0.4) is 0 Å². The zero-order chi connectivity index (χ0) is 21.9.